The molecular formula is C17H17FO. The van der Waals surface area contributed by atoms with Crippen LogP contribution in [0, 0.1) is 12.7 Å². The molecule has 19 heavy (non-hydrogen) atoms. The lowest BCUT2D eigenvalue weighted by Gasteiger charge is -2.24. The molecule has 0 aromatic heterocycles. The van der Waals surface area contributed by atoms with E-state index in [1.54, 1.807) is 6.07 Å². The van der Waals surface area contributed by atoms with Crippen molar-refractivity contribution in [2.24, 2.45) is 0 Å². The molecule has 1 nitrogen and oxygen atoms in total. The van der Waals surface area contributed by atoms with Gasteiger partial charge in [-0.1, -0.05) is 42.0 Å². The fourth-order valence-corrected chi connectivity index (χ4v) is 3.06. The van der Waals surface area contributed by atoms with Crippen molar-refractivity contribution in [2.45, 2.75) is 31.8 Å². The number of hydrogen-bond donors (Lipinski definition) is 1. The third kappa shape index (κ3) is 2.17. The first-order chi connectivity index (χ1) is 9.08. The van der Waals surface area contributed by atoms with Crippen molar-refractivity contribution >= 4 is 0 Å². The smallest absolute Gasteiger partial charge is 0.126 e. The second kappa shape index (κ2) is 4.46. The summed E-state index contributed by atoms with van der Waals surface area (Å²) < 4.78 is 13.7. The third-order valence-electron chi connectivity index (χ3n) is 3.99. The third-order valence-corrected chi connectivity index (χ3v) is 3.99. The molecule has 0 radical (unpaired) electrons. The molecule has 2 aromatic rings. The molecule has 0 heterocycles. The molecule has 1 aliphatic rings. The molecule has 1 unspecified atom stereocenters. The van der Waals surface area contributed by atoms with Gasteiger partial charge in [0.2, 0.25) is 0 Å². The van der Waals surface area contributed by atoms with E-state index in [1.165, 1.54) is 11.6 Å². The highest BCUT2D eigenvalue weighted by Gasteiger charge is 2.37. The molecule has 0 saturated heterocycles. The molecule has 0 amide bonds. The maximum Gasteiger partial charge on any atom is 0.126 e. The minimum absolute atomic E-state index is 0.197. The van der Waals surface area contributed by atoms with Gasteiger partial charge in [0, 0.05) is 6.42 Å². The van der Waals surface area contributed by atoms with Crippen LogP contribution in [0.5, 0.6) is 0 Å². The van der Waals surface area contributed by atoms with Gasteiger partial charge in [0.1, 0.15) is 5.82 Å². The monoisotopic (exact) mass is 256 g/mol. The lowest BCUT2D eigenvalue weighted by Crippen LogP contribution is -2.25. The standard InChI is InChI=1S/C17H17FO/c1-12-4-2-5-13(10-12)11-17(19)9-8-14-15(17)6-3-7-16(14)18/h2-7,10,19H,8-9,11H2,1H3. The Hall–Kier alpha value is -1.67. The quantitative estimate of drug-likeness (QED) is 0.871. The van der Waals surface area contributed by atoms with E-state index in [1.807, 2.05) is 31.2 Å². The van der Waals surface area contributed by atoms with Crippen LogP contribution < -0.4 is 0 Å². The average Bonchev–Trinajstić information content (AvgIpc) is 2.69. The van der Waals surface area contributed by atoms with Crippen molar-refractivity contribution in [1.82, 2.24) is 0 Å². The van der Waals surface area contributed by atoms with Crippen LogP contribution in [0.1, 0.15) is 28.7 Å². The minimum atomic E-state index is -0.925. The van der Waals surface area contributed by atoms with Gasteiger partial charge in [0.05, 0.1) is 5.60 Å². The number of hydrogen-bond acceptors (Lipinski definition) is 1. The van der Waals surface area contributed by atoms with E-state index in [0.717, 1.165) is 11.1 Å². The van der Waals surface area contributed by atoms with Gasteiger partial charge in [-0.25, -0.2) is 4.39 Å². The van der Waals surface area contributed by atoms with Crippen molar-refractivity contribution in [2.75, 3.05) is 0 Å². The van der Waals surface area contributed by atoms with Crippen molar-refractivity contribution in [1.29, 1.82) is 0 Å². The van der Waals surface area contributed by atoms with Crippen molar-refractivity contribution in [3.05, 3.63) is 70.5 Å². The molecule has 2 aromatic carbocycles. The summed E-state index contributed by atoms with van der Waals surface area (Å²) in [7, 11) is 0. The number of fused-ring (bicyclic) bond motifs is 1. The summed E-state index contributed by atoms with van der Waals surface area (Å²) >= 11 is 0. The highest BCUT2D eigenvalue weighted by atomic mass is 19.1. The lowest BCUT2D eigenvalue weighted by molar-refractivity contribution is 0.0389. The van der Waals surface area contributed by atoms with Gasteiger partial charge in [0.25, 0.3) is 0 Å². The number of aliphatic hydroxyl groups is 1. The van der Waals surface area contributed by atoms with Crippen LogP contribution in [0.15, 0.2) is 42.5 Å². The fourth-order valence-electron chi connectivity index (χ4n) is 3.06. The van der Waals surface area contributed by atoms with Gasteiger partial charge >= 0.3 is 0 Å². The SMILES string of the molecule is Cc1cccc(CC2(O)CCc3c(F)cccc32)c1. The molecule has 0 aliphatic heterocycles. The minimum Gasteiger partial charge on any atom is -0.385 e. The van der Waals surface area contributed by atoms with Gasteiger partial charge in [-0.05, 0) is 42.5 Å². The van der Waals surface area contributed by atoms with Gasteiger partial charge in [-0.15, -0.1) is 0 Å². The summed E-state index contributed by atoms with van der Waals surface area (Å²) in [6, 6.07) is 13.1. The molecule has 3 rings (SSSR count). The molecular weight excluding hydrogens is 239 g/mol. The van der Waals surface area contributed by atoms with Crippen LogP contribution in [0.25, 0.3) is 0 Å². The maximum atomic E-state index is 13.7. The Bertz CT molecular complexity index is 620. The molecule has 0 fully saturated rings. The van der Waals surface area contributed by atoms with Crippen LogP contribution >= 0.6 is 0 Å². The summed E-state index contributed by atoms with van der Waals surface area (Å²) in [6.45, 7) is 2.04. The number of rotatable bonds is 2. The number of halogens is 1. The average molecular weight is 256 g/mol. The molecule has 0 bridgehead atoms. The molecule has 98 valence electrons. The zero-order valence-corrected chi connectivity index (χ0v) is 11.0. The Morgan fingerprint density at radius 2 is 2.00 bits per heavy atom. The summed E-state index contributed by atoms with van der Waals surface area (Å²) in [5.74, 6) is -0.197. The number of aryl methyl sites for hydroxylation is 1. The van der Waals surface area contributed by atoms with Crippen LogP contribution in [0.4, 0.5) is 4.39 Å². The van der Waals surface area contributed by atoms with Crippen molar-refractivity contribution < 1.29 is 9.50 Å². The van der Waals surface area contributed by atoms with E-state index in [-0.39, 0.29) is 5.82 Å². The maximum absolute atomic E-state index is 13.7. The molecule has 2 heteroatoms. The predicted octanol–water partition coefficient (Wildman–Crippen LogP) is 3.51. The zero-order valence-electron chi connectivity index (χ0n) is 11.0. The van der Waals surface area contributed by atoms with E-state index >= 15 is 0 Å². The largest absolute Gasteiger partial charge is 0.385 e. The van der Waals surface area contributed by atoms with Crippen LogP contribution in [-0.2, 0) is 18.4 Å². The summed E-state index contributed by atoms with van der Waals surface area (Å²) in [4.78, 5) is 0. The fraction of sp³-hybridized carbons (Fsp3) is 0.294. The Morgan fingerprint density at radius 3 is 2.79 bits per heavy atom. The first kappa shape index (κ1) is 12.4. The van der Waals surface area contributed by atoms with Crippen molar-refractivity contribution in [3.8, 4) is 0 Å². The van der Waals surface area contributed by atoms with E-state index in [0.29, 0.717) is 24.8 Å². The topological polar surface area (TPSA) is 20.2 Å². The lowest BCUT2D eigenvalue weighted by atomic mass is 9.88. The first-order valence-electron chi connectivity index (χ1n) is 6.64. The molecule has 1 aliphatic carbocycles. The zero-order chi connectivity index (χ0) is 13.5. The van der Waals surface area contributed by atoms with Gasteiger partial charge < -0.3 is 5.11 Å². The number of benzene rings is 2. The van der Waals surface area contributed by atoms with Crippen LogP contribution in [-0.4, -0.2) is 5.11 Å². The predicted molar refractivity (Wildman–Crippen MR) is 73.5 cm³/mol. The van der Waals surface area contributed by atoms with Crippen molar-refractivity contribution in [3.63, 3.8) is 0 Å². The van der Waals surface area contributed by atoms with Gasteiger partial charge in [-0.2, -0.15) is 0 Å². The Morgan fingerprint density at radius 1 is 1.21 bits per heavy atom. The normalized spacial score (nSPS) is 21.4. The van der Waals surface area contributed by atoms with Gasteiger partial charge in [0.15, 0.2) is 0 Å². The second-order valence-corrected chi connectivity index (χ2v) is 5.46. The van der Waals surface area contributed by atoms with Gasteiger partial charge in [-0.3, -0.25) is 0 Å². The first-order valence-corrected chi connectivity index (χ1v) is 6.64. The molecule has 0 saturated carbocycles. The molecule has 0 spiro atoms. The van der Waals surface area contributed by atoms with Crippen LogP contribution in [0.2, 0.25) is 0 Å². The summed E-state index contributed by atoms with van der Waals surface area (Å²) in [5, 5.41) is 10.8. The molecule has 1 atom stereocenters. The highest BCUT2D eigenvalue weighted by molar-refractivity contribution is 5.40. The Kier molecular flexibility index (Phi) is 2.90. The second-order valence-electron chi connectivity index (χ2n) is 5.46. The summed E-state index contributed by atoms with van der Waals surface area (Å²) in [6.07, 6.45) is 1.76. The van der Waals surface area contributed by atoms with Crippen LogP contribution in [0.3, 0.4) is 0 Å². The Balaban J connectivity index is 1.97. The van der Waals surface area contributed by atoms with E-state index in [9.17, 15) is 9.50 Å². The van der Waals surface area contributed by atoms with E-state index < -0.39 is 5.60 Å². The molecule has 1 N–H and O–H groups in total. The van der Waals surface area contributed by atoms with E-state index in [2.05, 4.69) is 6.07 Å². The van der Waals surface area contributed by atoms with E-state index in [4.69, 9.17) is 0 Å². The summed E-state index contributed by atoms with van der Waals surface area (Å²) in [5.41, 5.74) is 2.79. The highest BCUT2D eigenvalue weighted by Crippen LogP contribution is 2.40. The Labute approximate surface area is 112 Å².